The van der Waals surface area contributed by atoms with Crippen molar-refractivity contribution in [2.24, 2.45) is 5.92 Å². The molecule has 33 heavy (non-hydrogen) atoms. The summed E-state index contributed by atoms with van der Waals surface area (Å²) in [5.74, 6) is -0.0165. The standard InChI is InChI=1S/C26H46N2O5/c1-8-27(9-2)17-20-11-10-15-28(20)24(29)33-21-12-14-26(18-32-26)23(22(21)30-7)25(5,6)31-16-13-19(3)4/h13,20-23H,8-12,14-18H2,1-7H3/t20-,21+,22+,23+,26-/m0/s1. The quantitative estimate of drug-likeness (QED) is 0.354. The summed E-state index contributed by atoms with van der Waals surface area (Å²) in [5, 5.41) is 0. The van der Waals surface area contributed by atoms with Crippen molar-refractivity contribution in [2.45, 2.75) is 96.7 Å². The zero-order chi connectivity index (χ0) is 24.2. The Morgan fingerprint density at radius 2 is 1.94 bits per heavy atom. The van der Waals surface area contributed by atoms with Crippen molar-refractivity contribution >= 4 is 6.09 Å². The third kappa shape index (κ3) is 6.11. The summed E-state index contributed by atoms with van der Waals surface area (Å²) >= 11 is 0. The Labute approximate surface area is 200 Å². The number of carbonyl (C=O) groups excluding carboxylic acids is 1. The Kier molecular flexibility index (Phi) is 8.87. The van der Waals surface area contributed by atoms with E-state index in [0.717, 1.165) is 51.9 Å². The predicted octanol–water partition coefficient (Wildman–Crippen LogP) is 4.25. The minimum atomic E-state index is -0.479. The van der Waals surface area contributed by atoms with Gasteiger partial charge in [-0.15, -0.1) is 0 Å². The van der Waals surface area contributed by atoms with Crippen LogP contribution in [-0.4, -0.2) is 91.8 Å². The van der Waals surface area contributed by atoms with Crippen LogP contribution in [0, 0.1) is 5.92 Å². The van der Waals surface area contributed by atoms with Crippen LogP contribution >= 0.6 is 0 Å². The van der Waals surface area contributed by atoms with Crippen LogP contribution in [0.5, 0.6) is 0 Å². The Hall–Kier alpha value is -1.15. The summed E-state index contributed by atoms with van der Waals surface area (Å²) in [7, 11) is 1.71. The molecule has 2 saturated heterocycles. The Morgan fingerprint density at radius 1 is 1.24 bits per heavy atom. The van der Waals surface area contributed by atoms with Crippen molar-refractivity contribution < 1.29 is 23.7 Å². The summed E-state index contributed by atoms with van der Waals surface area (Å²) in [4.78, 5) is 17.6. The highest BCUT2D eigenvalue weighted by Crippen LogP contribution is 2.52. The Morgan fingerprint density at radius 3 is 2.52 bits per heavy atom. The summed E-state index contributed by atoms with van der Waals surface area (Å²) < 4.78 is 24.5. The molecule has 0 aromatic carbocycles. The van der Waals surface area contributed by atoms with Gasteiger partial charge in [-0.3, -0.25) is 0 Å². The minimum absolute atomic E-state index is 0.0165. The van der Waals surface area contributed by atoms with E-state index in [4.69, 9.17) is 18.9 Å². The lowest BCUT2D eigenvalue weighted by atomic mass is 9.68. The van der Waals surface area contributed by atoms with Crippen molar-refractivity contribution in [1.29, 1.82) is 0 Å². The van der Waals surface area contributed by atoms with Crippen LogP contribution in [0.1, 0.15) is 67.2 Å². The smallest absolute Gasteiger partial charge is 0.410 e. The third-order valence-corrected chi connectivity index (χ3v) is 7.82. The molecule has 2 heterocycles. The third-order valence-electron chi connectivity index (χ3n) is 7.82. The molecule has 0 radical (unpaired) electrons. The van der Waals surface area contributed by atoms with Gasteiger partial charge in [-0.25, -0.2) is 4.79 Å². The van der Waals surface area contributed by atoms with E-state index in [0.29, 0.717) is 13.2 Å². The van der Waals surface area contributed by atoms with Crippen LogP contribution in [0.4, 0.5) is 4.79 Å². The highest BCUT2D eigenvalue weighted by atomic mass is 16.6. The fourth-order valence-electron chi connectivity index (χ4n) is 5.84. The molecule has 0 bridgehead atoms. The van der Waals surface area contributed by atoms with Crippen LogP contribution in [0.25, 0.3) is 0 Å². The molecule has 1 amide bonds. The molecular formula is C26H46N2O5. The van der Waals surface area contributed by atoms with Crippen molar-refractivity contribution in [1.82, 2.24) is 9.80 Å². The van der Waals surface area contributed by atoms with Gasteiger partial charge in [-0.05, 0) is 66.5 Å². The van der Waals surface area contributed by atoms with Gasteiger partial charge >= 0.3 is 6.09 Å². The van der Waals surface area contributed by atoms with Gasteiger partial charge in [0.25, 0.3) is 0 Å². The highest BCUT2D eigenvalue weighted by molar-refractivity contribution is 5.68. The predicted molar refractivity (Wildman–Crippen MR) is 129 cm³/mol. The summed E-state index contributed by atoms with van der Waals surface area (Å²) in [6.07, 6.45) is 4.99. The molecule has 0 aromatic rings. The average Bonchev–Trinajstić information content (AvgIpc) is 3.37. The number of hydrogen-bond acceptors (Lipinski definition) is 6. The number of likely N-dealkylation sites (N-methyl/N-ethyl adjacent to an activating group) is 1. The molecule has 0 aromatic heterocycles. The zero-order valence-corrected chi connectivity index (χ0v) is 21.9. The van der Waals surface area contributed by atoms with Crippen molar-refractivity contribution in [2.75, 3.05) is 46.5 Å². The lowest BCUT2D eigenvalue weighted by Gasteiger charge is -2.47. The lowest BCUT2D eigenvalue weighted by molar-refractivity contribution is -0.174. The van der Waals surface area contributed by atoms with E-state index in [-0.39, 0.29) is 35.9 Å². The van der Waals surface area contributed by atoms with Crippen LogP contribution in [0.15, 0.2) is 11.6 Å². The number of ether oxygens (including phenoxy) is 4. The molecule has 3 rings (SSSR count). The van der Waals surface area contributed by atoms with Crippen molar-refractivity contribution in [3.8, 4) is 0 Å². The van der Waals surface area contributed by atoms with Crippen molar-refractivity contribution in [3.63, 3.8) is 0 Å². The van der Waals surface area contributed by atoms with Crippen LogP contribution < -0.4 is 0 Å². The SMILES string of the molecule is CCN(CC)C[C@@H]1CCCN1C(=O)O[C@@H]1CC[C@]2(CO2)[C@@H](C(C)(C)OCC=C(C)C)[C@@H]1OC. The zero-order valence-electron chi connectivity index (χ0n) is 21.9. The van der Waals surface area contributed by atoms with Crippen molar-refractivity contribution in [3.05, 3.63) is 11.6 Å². The number of amides is 1. The first-order valence-electron chi connectivity index (χ1n) is 12.8. The lowest BCUT2D eigenvalue weighted by Crippen LogP contribution is -2.59. The van der Waals surface area contributed by atoms with Gasteiger partial charge in [0.05, 0.1) is 24.4 Å². The minimum Gasteiger partial charge on any atom is -0.443 e. The molecule has 0 unspecified atom stereocenters. The second-order valence-corrected chi connectivity index (χ2v) is 10.7. The van der Waals surface area contributed by atoms with Crippen LogP contribution in [0.2, 0.25) is 0 Å². The molecule has 0 N–H and O–H groups in total. The molecular weight excluding hydrogens is 420 g/mol. The summed E-state index contributed by atoms with van der Waals surface area (Å²) in [6.45, 7) is 17.6. The maximum Gasteiger partial charge on any atom is 0.410 e. The molecule has 1 aliphatic carbocycles. The monoisotopic (exact) mass is 466 g/mol. The van der Waals surface area contributed by atoms with Crippen LogP contribution in [-0.2, 0) is 18.9 Å². The number of epoxide rings is 1. The van der Waals surface area contributed by atoms with Gasteiger partial charge in [0.15, 0.2) is 0 Å². The van der Waals surface area contributed by atoms with Gasteiger partial charge in [-0.2, -0.15) is 0 Å². The van der Waals surface area contributed by atoms with E-state index < -0.39 is 5.60 Å². The first-order chi connectivity index (χ1) is 15.7. The summed E-state index contributed by atoms with van der Waals surface area (Å²) in [5.41, 5.74) is 0.510. The maximum atomic E-state index is 13.3. The number of methoxy groups -OCH3 is 1. The van der Waals surface area contributed by atoms with E-state index in [1.54, 1.807) is 7.11 Å². The van der Waals surface area contributed by atoms with E-state index in [1.165, 1.54) is 5.57 Å². The largest absolute Gasteiger partial charge is 0.443 e. The van der Waals surface area contributed by atoms with E-state index in [9.17, 15) is 4.79 Å². The van der Waals surface area contributed by atoms with E-state index >= 15 is 0 Å². The Balaban J connectivity index is 1.70. The number of hydrogen-bond donors (Lipinski definition) is 0. The number of allylic oxidation sites excluding steroid dienone is 1. The number of carbonyl (C=O) groups is 1. The molecule has 1 saturated carbocycles. The highest BCUT2D eigenvalue weighted by Gasteiger charge is 2.64. The second kappa shape index (κ2) is 11.1. The molecule has 7 nitrogen and oxygen atoms in total. The van der Waals surface area contributed by atoms with E-state index in [1.807, 2.05) is 4.90 Å². The molecule has 3 fully saturated rings. The fraction of sp³-hybridized carbons (Fsp3) is 0.885. The average molecular weight is 467 g/mol. The molecule has 190 valence electrons. The molecule has 2 aliphatic heterocycles. The maximum absolute atomic E-state index is 13.3. The number of likely N-dealkylation sites (tertiary alicyclic amines) is 1. The first-order valence-corrected chi connectivity index (χ1v) is 12.8. The van der Waals surface area contributed by atoms with Gasteiger partial charge in [0.1, 0.15) is 12.2 Å². The van der Waals surface area contributed by atoms with Gasteiger partial charge < -0.3 is 28.7 Å². The normalized spacial score (nSPS) is 31.8. The molecule has 1 spiro atoms. The first kappa shape index (κ1) is 26.5. The molecule has 5 atom stereocenters. The Bertz CT molecular complexity index is 682. The van der Waals surface area contributed by atoms with Gasteiger partial charge in [0, 0.05) is 32.2 Å². The number of rotatable bonds is 10. The molecule has 3 aliphatic rings. The fourth-order valence-corrected chi connectivity index (χ4v) is 5.84. The van der Waals surface area contributed by atoms with Gasteiger partial charge in [-0.1, -0.05) is 25.5 Å². The molecule has 7 heteroatoms. The van der Waals surface area contributed by atoms with Gasteiger partial charge in [0.2, 0.25) is 0 Å². The van der Waals surface area contributed by atoms with E-state index in [2.05, 4.69) is 52.5 Å². The number of nitrogens with zero attached hydrogens (tertiary/aromatic N) is 2. The van der Waals surface area contributed by atoms with Crippen LogP contribution in [0.3, 0.4) is 0 Å². The second-order valence-electron chi connectivity index (χ2n) is 10.7. The summed E-state index contributed by atoms with van der Waals surface area (Å²) in [6, 6.07) is 0.222. The topological polar surface area (TPSA) is 63.8 Å².